The Morgan fingerprint density at radius 2 is 2.44 bits per heavy atom. The molecule has 0 radical (unpaired) electrons. The van der Waals surface area contributed by atoms with Gasteiger partial charge in [0.2, 0.25) is 0 Å². The predicted molar refractivity (Wildman–Crippen MR) is 44.0 cm³/mol. The molecule has 0 saturated heterocycles. The minimum absolute atomic E-state index is 0.603. The second-order valence-corrected chi connectivity index (χ2v) is 3.01. The Hall–Kier alpha value is 0.0200. The summed E-state index contributed by atoms with van der Waals surface area (Å²) in [5.41, 5.74) is 1.37. The summed E-state index contributed by atoms with van der Waals surface area (Å²) in [7, 11) is 0. The third kappa shape index (κ3) is 1.71. The summed E-state index contributed by atoms with van der Waals surface area (Å²) in [6.07, 6.45) is 0. The van der Waals surface area contributed by atoms with Crippen LogP contribution in [0.2, 0.25) is 0 Å². The fourth-order valence-electron chi connectivity index (χ4n) is 0.468. The highest BCUT2D eigenvalue weighted by molar-refractivity contribution is 7.12. The number of halogens is 2. The molecule has 0 fully saturated rings. The summed E-state index contributed by atoms with van der Waals surface area (Å²) in [6.45, 7) is 0. The molecular formula is C6H4Cl2S. The minimum atomic E-state index is 0.603. The Morgan fingerprint density at radius 3 is 2.89 bits per heavy atom. The average Bonchev–Trinajstić information content (AvgIpc) is 2.37. The van der Waals surface area contributed by atoms with Crippen LogP contribution in [0.1, 0.15) is 4.88 Å². The molecule has 0 amide bonds. The second-order valence-electron chi connectivity index (χ2n) is 1.43. The van der Waals surface area contributed by atoms with Crippen molar-refractivity contribution < 1.29 is 0 Å². The van der Waals surface area contributed by atoms with E-state index in [4.69, 9.17) is 23.2 Å². The SMILES string of the molecule is Cl/C=C(\Cl)c1cccs1. The zero-order chi connectivity index (χ0) is 6.69. The van der Waals surface area contributed by atoms with Crippen molar-refractivity contribution in [2.24, 2.45) is 0 Å². The molecule has 1 heterocycles. The van der Waals surface area contributed by atoms with Gasteiger partial charge < -0.3 is 0 Å². The summed E-state index contributed by atoms with van der Waals surface area (Å²) in [5, 5.41) is 2.56. The molecule has 0 aliphatic carbocycles. The van der Waals surface area contributed by atoms with Crippen molar-refractivity contribution in [1.82, 2.24) is 0 Å². The monoisotopic (exact) mass is 178 g/mol. The van der Waals surface area contributed by atoms with E-state index < -0.39 is 0 Å². The van der Waals surface area contributed by atoms with Gasteiger partial charge in [-0.2, -0.15) is 0 Å². The Bertz CT molecular complexity index is 201. The first kappa shape index (κ1) is 7.13. The van der Waals surface area contributed by atoms with E-state index in [1.165, 1.54) is 5.54 Å². The first-order valence-corrected chi connectivity index (χ1v) is 4.04. The molecular weight excluding hydrogens is 175 g/mol. The summed E-state index contributed by atoms with van der Waals surface area (Å²) in [6, 6.07) is 3.86. The predicted octanol–water partition coefficient (Wildman–Crippen LogP) is 3.52. The molecule has 0 bridgehead atoms. The van der Waals surface area contributed by atoms with Gasteiger partial charge in [0.1, 0.15) is 0 Å². The van der Waals surface area contributed by atoms with E-state index in [0.717, 1.165) is 4.88 Å². The lowest BCUT2D eigenvalue weighted by Gasteiger charge is -1.86. The normalized spacial score (nSPS) is 12.0. The fraction of sp³-hybridized carbons (Fsp3) is 0. The minimum Gasteiger partial charge on any atom is -0.143 e. The molecule has 0 nitrogen and oxygen atoms in total. The van der Waals surface area contributed by atoms with Crippen LogP contribution in [0.15, 0.2) is 23.0 Å². The Labute approximate surface area is 67.7 Å². The summed E-state index contributed by atoms with van der Waals surface area (Å²) in [4.78, 5) is 1.01. The van der Waals surface area contributed by atoms with Gasteiger partial charge in [0.15, 0.2) is 0 Å². The molecule has 0 aliphatic rings. The van der Waals surface area contributed by atoms with Crippen LogP contribution in [0, 0.1) is 0 Å². The number of hydrogen-bond donors (Lipinski definition) is 0. The molecule has 1 aromatic rings. The number of rotatable bonds is 1. The van der Waals surface area contributed by atoms with Gasteiger partial charge in [0.25, 0.3) is 0 Å². The third-order valence-corrected chi connectivity index (χ3v) is 2.51. The Kier molecular flexibility index (Phi) is 2.58. The van der Waals surface area contributed by atoms with E-state index in [-0.39, 0.29) is 0 Å². The van der Waals surface area contributed by atoms with Gasteiger partial charge >= 0.3 is 0 Å². The lowest BCUT2D eigenvalue weighted by atomic mass is 10.5. The quantitative estimate of drug-likeness (QED) is 0.618. The van der Waals surface area contributed by atoms with Gasteiger partial charge in [-0.15, -0.1) is 11.3 Å². The van der Waals surface area contributed by atoms with Crippen LogP contribution < -0.4 is 0 Å². The largest absolute Gasteiger partial charge is 0.143 e. The molecule has 1 rings (SSSR count). The smallest absolute Gasteiger partial charge is 0.0690 e. The number of hydrogen-bond acceptors (Lipinski definition) is 1. The lowest BCUT2D eigenvalue weighted by Crippen LogP contribution is -1.60. The number of thiophene rings is 1. The second kappa shape index (κ2) is 3.25. The van der Waals surface area contributed by atoms with E-state index in [1.54, 1.807) is 11.3 Å². The van der Waals surface area contributed by atoms with Crippen molar-refractivity contribution in [2.45, 2.75) is 0 Å². The van der Waals surface area contributed by atoms with Crippen molar-refractivity contribution in [3.05, 3.63) is 27.9 Å². The van der Waals surface area contributed by atoms with Crippen LogP contribution >= 0.6 is 34.5 Å². The van der Waals surface area contributed by atoms with Crippen molar-refractivity contribution >= 4 is 39.6 Å². The van der Waals surface area contributed by atoms with E-state index in [2.05, 4.69) is 0 Å². The Balaban J connectivity index is 2.90. The van der Waals surface area contributed by atoms with Crippen LogP contribution in [-0.2, 0) is 0 Å². The molecule has 0 aromatic carbocycles. The maximum atomic E-state index is 5.67. The van der Waals surface area contributed by atoms with Gasteiger partial charge in [-0.25, -0.2) is 0 Å². The van der Waals surface area contributed by atoms with Gasteiger partial charge in [0, 0.05) is 10.4 Å². The van der Waals surface area contributed by atoms with E-state index >= 15 is 0 Å². The van der Waals surface area contributed by atoms with Crippen molar-refractivity contribution in [1.29, 1.82) is 0 Å². The van der Waals surface area contributed by atoms with Gasteiger partial charge in [0.05, 0.1) is 5.03 Å². The summed E-state index contributed by atoms with van der Waals surface area (Å²) < 4.78 is 0. The first-order valence-electron chi connectivity index (χ1n) is 2.34. The third-order valence-electron chi connectivity index (χ3n) is 0.852. The van der Waals surface area contributed by atoms with E-state index in [9.17, 15) is 0 Å². The lowest BCUT2D eigenvalue weighted by molar-refractivity contribution is 1.94. The zero-order valence-corrected chi connectivity index (χ0v) is 6.80. The molecule has 0 unspecified atom stereocenters. The molecule has 1 aromatic heterocycles. The molecule has 0 spiro atoms. The van der Waals surface area contributed by atoms with Gasteiger partial charge in [-0.05, 0) is 11.4 Å². The van der Waals surface area contributed by atoms with Crippen LogP contribution in [-0.4, -0.2) is 0 Å². The van der Waals surface area contributed by atoms with E-state index in [0.29, 0.717) is 5.03 Å². The molecule has 3 heteroatoms. The highest BCUT2D eigenvalue weighted by Gasteiger charge is 1.94. The van der Waals surface area contributed by atoms with Crippen LogP contribution in [0.3, 0.4) is 0 Å². The molecule has 9 heavy (non-hydrogen) atoms. The molecule has 0 aliphatic heterocycles. The van der Waals surface area contributed by atoms with Crippen molar-refractivity contribution in [3.8, 4) is 0 Å². The average molecular weight is 179 g/mol. The maximum Gasteiger partial charge on any atom is 0.0690 e. The molecule has 0 N–H and O–H groups in total. The maximum absolute atomic E-state index is 5.67. The molecule has 0 saturated carbocycles. The topological polar surface area (TPSA) is 0 Å². The van der Waals surface area contributed by atoms with Crippen molar-refractivity contribution in [3.63, 3.8) is 0 Å². The highest BCUT2D eigenvalue weighted by atomic mass is 35.5. The molecule has 0 atom stereocenters. The summed E-state index contributed by atoms with van der Waals surface area (Å²) >= 11 is 12.6. The van der Waals surface area contributed by atoms with E-state index in [1.807, 2.05) is 17.5 Å². The fourth-order valence-corrected chi connectivity index (χ4v) is 1.48. The highest BCUT2D eigenvalue weighted by Crippen LogP contribution is 2.23. The van der Waals surface area contributed by atoms with Crippen molar-refractivity contribution in [2.75, 3.05) is 0 Å². The van der Waals surface area contributed by atoms with Crippen LogP contribution in [0.5, 0.6) is 0 Å². The van der Waals surface area contributed by atoms with Crippen LogP contribution in [0.25, 0.3) is 5.03 Å². The molecule has 48 valence electrons. The first-order chi connectivity index (χ1) is 4.34. The standard InChI is InChI=1S/C6H4Cl2S/c7-4-5(8)6-2-1-3-9-6/h1-4H/b5-4-. The van der Waals surface area contributed by atoms with Gasteiger partial charge in [-0.1, -0.05) is 29.3 Å². The summed E-state index contributed by atoms with van der Waals surface area (Å²) in [5.74, 6) is 0. The Morgan fingerprint density at radius 1 is 1.67 bits per heavy atom. The van der Waals surface area contributed by atoms with Gasteiger partial charge in [-0.3, -0.25) is 0 Å². The zero-order valence-electron chi connectivity index (χ0n) is 4.47. The van der Waals surface area contributed by atoms with Crippen LogP contribution in [0.4, 0.5) is 0 Å².